The van der Waals surface area contributed by atoms with Crippen LogP contribution in [0, 0.1) is 5.82 Å². The van der Waals surface area contributed by atoms with Crippen molar-refractivity contribution in [3.63, 3.8) is 0 Å². The predicted molar refractivity (Wildman–Crippen MR) is 86.9 cm³/mol. The van der Waals surface area contributed by atoms with E-state index in [1.165, 1.54) is 11.6 Å². The molecule has 1 N–H and O–H groups in total. The Bertz CT molecular complexity index is 603. The van der Waals surface area contributed by atoms with Gasteiger partial charge in [0.15, 0.2) is 0 Å². The molecule has 0 unspecified atom stereocenters. The zero-order valence-corrected chi connectivity index (χ0v) is 12.9. The lowest BCUT2D eigenvalue weighted by Gasteiger charge is -2.17. The molecule has 0 aliphatic rings. The van der Waals surface area contributed by atoms with E-state index in [-0.39, 0.29) is 22.1 Å². The van der Waals surface area contributed by atoms with E-state index in [9.17, 15) is 9.18 Å². The Hall–Kier alpha value is -1.81. The summed E-state index contributed by atoms with van der Waals surface area (Å²) in [5.41, 5.74) is 1.40. The quantitative estimate of drug-likeness (QED) is 0.871. The van der Waals surface area contributed by atoms with E-state index < -0.39 is 5.82 Å². The Kier molecular flexibility index (Phi) is 5.39. The van der Waals surface area contributed by atoms with E-state index in [1.54, 1.807) is 30.0 Å². The highest BCUT2D eigenvalue weighted by Gasteiger charge is 2.18. The van der Waals surface area contributed by atoms with Crippen molar-refractivity contribution < 1.29 is 9.18 Å². The van der Waals surface area contributed by atoms with Crippen LogP contribution in [0.4, 0.5) is 10.1 Å². The van der Waals surface area contributed by atoms with Gasteiger partial charge in [0.05, 0.1) is 10.9 Å². The minimum atomic E-state index is -0.417. The van der Waals surface area contributed by atoms with Gasteiger partial charge in [-0.15, -0.1) is 11.8 Å². The third-order valence-corrected chi connectivity index (χ3v) is 4.48. The molecule has 110 valence electrons. The molecule has 0 heterocycles. The number of hydrogen-bond donors (Lipinski definition) is 1. The number of halogens is 1. The summed E-state index contributed by atoms with van der Waals surface area (Å²) in [4.78, 5) is 12.1. The Balaban J connectivity index is 1.95. The van der Waals surface area contributed by atoms with Gasteiger partial charge >= 0.3 is 0 Å². The summed E-state index contributed by atoms with van der Waals surface area (Å²) >= 11 is 1.55. The largest absolute Gasteiger partial charge is 0.323 e. The van der Waals surface area contributed by atoms with Crippen molar-refractivity contribution in [2.75, 3.05) is 5.32 Å². The van der Waals surface area contributed by atoms with Gasteiger partial charge in [0.25, 0.3) is 0 Å². The number of nitrogens with one attached hydrogen (secondary N) is 1. The van der Waals surface area contributed by atoms with Gasteiger partial charge < -0.3 is 5.32 Å². The van der Waals surface area contributed by atoms with Crippen molar-refractivity contribution in [1.82, 2.24) is 0 Å². The van der Waals surface area contributed by atoms with Crippen LogP contribution < -0.4 is 5.32 Å². The fourth-order valence-corrected chi connectivity index (χ4v) is 3.08. The lowest BCUT2D eigenvalue weighted by Crippen LogP contribution is -2.23. The van der Waals surface area contributed by atoms with Gasteiger partial charge in [-0.2, -0.15) is 0 Å². The molecule has 2 aromatic carbocycles. The fraction of sp³-hybridized carbons (Fsp3) is 0.235. The Morgan fingerprint density at radius 1 is 1.05 bits per heavy atom. The van der Waals surface area contributed by atoms with Crippen LogP contribution in [0.2, 0.25) is 0 Å². The Morgan fingerprint density at radius 2 is 1.67 bits per heavy atom. The maximum atomic E-state index is 13.5. The molecular formula is C17H18FNOS. The minimum Gasteiger partial charge on any atom is -0.323 e. The second-order valence-corrected chi connectivity index (χ2v) is 6.49. The van der Waals surface area contributed by atoms with Crippen molar-refractivity contribution in [3.05, 3.63) is 66.0 Å². The number of benzene rings is 2. The monoisotopic (exact) mass is 303 g/mol. The first-order valence-corrected chi connectivity index (χ1v) is 7.78. The number of anilines is 1. The molecule has 2 atom stereocenters. The van der Waals surface area contributed by atoms with Crippen LogP contribution in [0.3, 0.4) is 0 Å². The molecule has 0 aliphatic heterocycles. The molecule has 21 heavy (non-hydrogen) atoms. The van der Waals surface area contributed by atoms with E-state index in [1.807, 2.05) is 37.3 Å². The van der Waals surface area contributed by atoms with Crippen molar-refractivity contribution >= 4 is 23.4 Å². The van der Waals surface area contributed by atoms with Gasteiger partial charge in [0, 0.05) is 5.25 Å². The third-order valence-electron chi connectivity index (χ3n) is 3.18. The molecule has 0 aliphatic carbocycles. The number of carbonyl (C=O) groups excluding carboxylic acids is 1. The van der Waals surface area contributed by atoms with Crippen LogP contribution in [0.1, 0.15) is 24.7 Å². The zero-order valence-electron chi connectivity index (χ0n) is 12.0. The number of hydrogen-bond acceptors (Lipinski definition) is 2. The topological polar surface area (TPSA) is 29.1 Å². The van der Waals surface area contributed by atoms with Crippen LogP contribution in [-0.2, 0) is 4.79 Å². The van der Waals surface area contributed by atoms with Gasteiger partial charge in [0.2, 0.25) is 5.91 Å². The lowest BCUT2D eigenvalue weighted by atomic mass is 10.2. The van der Waals surface area contributed by atoms with E-state index in [0.717, 1.165) is 0 Å². The minimum absolute atomic E-state index is 0.187. The first-order chi connectivity index (χ1) is 10.1. The van der Waals surface area contributed by atoms with Crippen LogP contribution in [0.5, 0.6) is 0 Å². The van der Waals surface area contributed by atoms with Gasteiger partial charge in [-0.25, -0.2) is 4.39 Å². The standard InChI is InChI=1S/C17H18FNOS/c1-12(14-8-4-3-5-9-14)21-13(2)17(20)19-16-11-7-6-10-15(16)18/h3-13H,1-2H3,(H,19,20)/t12-,13-/m0/s1. The average Bonchev–Trinajstić information content (AvgIpc) is 2.50. The Labute approximate surface area is 128 Å². The van der Waals surface area contributed by atoms with Gasteiger partial charge in [-0.05, 0) is 31.5 Å². The summed E-state index contributed by atoms with van der Waals surface area (Å²) in [6, 6.07) is 16.2. The van der Waals surface area contributed by atoms with Gasteiger partial charge in [0.1, 0.15) is 5.82 Å². The number of para-hydroxylation sites is 1. The highest BCUT2D eigenvalue weighted by molar-refractivity contribution is 8.00. The van der Waals surface area contributed by atoms with Crippen molar-refractivity contribution in [2.45, 2.75) is 24.3 Å². The molecule has 0 saturated carbocycles. The summed E-state index contributed by atoms with van der Waals surface area (Å²) in [5, 5.41) is 2.57. The number of thioether (sulfide) groups is 1. The maximum absolute atomic E-state index is 13.5. The molecule has 4 heteroatoms. The van der Waals surface area contributed by atoms with E-state index in [4.69, 9.17) is 0 Å². The predicted octanol–water partition coefficient (Wildman–Crippen LogP) is 4.65. The smallest absolute Gasteiger partial charge is 0.237 e. The first-order valence-electron chi connectivity index (χ1n) is 6.83. The number of rotatable bonds is 5. The molecule has 2 nitrogen and oxygen atoms in total. The van der Waals surface area contributed by atoms with E-state index in [2.05, 4.69) is 12.2 Å². The zero-order chi connectivity index (χ0) is 15.2. The van der Waals surface area contributed by atoms with Crippen LogP contribution in [-0.4, -0.2) is 11.2 Å². The highest BCUT2D eigenvalue weighted by Crippen LogP contribution is 2.32. The molecule has 2 aromatic rings. The molecule has 0 radical (unpaired) electrons. The third kappa shape index (κ3) is 4.33. The van der Waals surface area contributed by atoms with Crippen molar-refractivity contribution in [3.8, 4) is 0 Å². The maximum Gasteiger partial charge on any atom is 0.237 e. The first kappa shape index (κ1) is 15.6. The van der Waals surface area contributed by atoms with Crippen LogP contribution in [0.15, 0.2) is 54.6 Å². The highest BCUT2D eigenvalue weighted by atomic mass is 32.2. The fourth-order valence-electron chi connectivity index (χ4n) is 1.97. The molecule has 0 bridgehead atoms. The molecule has 0 spiro atoms. The van der Waals surface area contributed by atoms with Crippen molar-refractivity contribution in [1.29, 1.82) is 0 Å². The van der Waals surface area contributed by atoms with E-state index in [0.29, 0.717) is 0 Å². The molecule has 2 rings (SSSR count). The van der Waals surface area contributed by atoms with Crippen LogP contribution in [0.25, 0.3) is 0 Å². The molecule has 1 amide bonds. The summed E-state index contributed by atoms with van der Waals surface area (Å²) < 4.78 is 13.5. The second kappa shape index (κ2) is 7.27. The Morgan fingerprint density at radius 3 is 2.33 bits per heavy atom. The molecule has 0 saturated heterocycles. The summed E-state index contributed by atoms with van der Waals surface area (Å²) in [7, 11) is 0. The second-order valence-electron chi connectivity index (χ2n) is 4.80. The van der Waals surface area contributed by atoms with Gasteiger partial charge in [-0.3, -0.25) is 4.79 Å². The van der Waals surface area contributed by atoms with E-state index >= 15 is 0 Å². The van der Waals surface area contributed by atoms with Crippen molar-refractivity contribution in [2.24, 2.45) is 0 Å². The number of carbonyl (C=O) groups is 1. The molecular weight excluding hydrogens is 285 g/mol. The normalized spacial score (nSPS) is 13.5. The SMILES string of the molecule is C[C@H](S[C@@H](C)c1ccccc1)C(=O)Nc1ccccc1F. The van der Waals surface area contributed by atoms with Crippen LogP contribution >= 0.6 is 11.8 Å². The van der Waals surface area contributed by atoms with Gasteiger partial charge in [-0.1, -0.05) is 42.5 Å². The molecule has 0 fully saturated rings. The molecule has 0 aromatic heterocycles. The summed E-state index contributed by atoms with van der Waals surface area (Å²) in [6.45, 7) is 3.90. The average molecular weight is 303 g/mol. The lowest BCUT2D eigenvalue weighted by molar-refractivity contribution is -0.115. The summed E-state index contributed by atoms with van der Waals surface area (Å²) in [5.74, 6) is -0.605. The number of amides is 1. The summed E-state index contributed by atoms with van der Waals surface area (Å²) in [6.07, 6.45) is 0.